The summed E-state index contributed by atoms with van der Waals surface area (Å²) >= 11 is 0. The van der Waals surface area contributed by atoms with Gasteiger partial charge >= 0.3 is 0 Å². The van der Waals surface area contributed by atoms with Crippen molar-refractivity contribution in [2.75, 3.05) is 0 Å². The van der Waals surface area contributed by atoms with Crippen LogP contribution in [0.4, 0.5) is 0 Å². The maximum atomic E-state index is 9.98. The van der Waals surface area contributed by atoms with Gasteiger partial charge in [-0.05, 0) is 12.8 Å². The fraction of sp³-hybridized carbons (Fsp3) is 0.800. The molecule has 0 N–H and O–H groups in total. The zero-order chi connectivity index (χ0) is 5.98. The van der Waals surface area contributed by atoms with Crippen LogP contribution in [0.3, 0.4) is 0 Å². The Balaban J connectivity index is 2.35. The van der Waals surface area contributed by atoms with Crippen LogP contribution in [0.5, 0.6) is 0 Å². The van der Waals surface area contributed by atoms with Gasteiger partial charge in [-0.2, -0.15) is 0 Å². The van der Waals surface area contributed by atoms with Gasteiger partial charge in [0.1, 0.15) is 0 Å². The van der Waals surface area contributed by atoms with Crippen molar-refractivity contribution < 1.29 is 4.92 Å². The molecule has 0 amide bonds. The molecule has 45 valence electrons. The Hall–Kier alpha value is -0.600. The molecule has 1 unspecified atom stereocenters. The smallest absolute Gasteiger partial charge is 0.216 e. The van der Waals surface area contributed by atoms with Crippen LogP contribution >= 0.6 is 0 Å². The van der Waals surface area contributed by atoms with Crippen molar-refractivity contribution in [3.63, 3.8) is 0 Å². The monoisotopic (exact) mass is 114 g/mol. The van der Waals surface area contributed by atoms with Crippen molar-refractivity contribution >= 4 is 0 Å². The van der Waals surface area contributed by atoms with Crippen molar-refractivity contribution in [1.82, 2.24) is 0 Å². The van der Waals surface area contributed by atoms with Crippen LogP contribution in [-0.4, -0.2) is 11.0 Å². The second-order valence-electron chi connectivity index (χ2n) is 2.02. The van der Waals surface area contributed by atoms with Crippen molar-refractivity contribution in [2.45, 2.75) is 25.3 Å². The SMILES string of the molecule is O=[N+]([O-])C1[CH]CCC1. The van der Waals surface area contributed by atoms with E-state index < -0.39 is 0 Å². The minimum atomic E-state index is -0.338. The first kappa shape index (κ1) is 5.54. The highest BCUT2D eigenvalue weighted by Crippen LogP contribution is 2.18. The lowest BCUT2D eigenvalue weighted by molar-refractivity contribution is -0.511. The van der Waals surface area contributed by atoms with E-state index in [1.54, 1.807) is 6.42 Å². The molecule has 0 aromatic carbocycles. The van der Waals surface area contributed by atoms with Crippen molar-refractivity contribution in [3.8, 4) is 0 Å². The topological polar surface area (TPSA) is 43.1 Å². The van der Waals surface area contributed by atoms with Crippen LogP contribution < -0.4 is 0 Å². The van der Waals surface area contributed by atoms with Gasteiger partial charge in [0.15, 0.2) is 0 Å². The number of nitrogens with zero attached hydrogens (tertiary/aromatic N) is 1. The summed E-state index contributed by atoms with van der Waals surface area (Å²) in [5.74, 6) is 0. The number of hydrogen-bond acceptors (Lipinski definition) is 2. The van der Waals surface area contributed by atoms with Crippen molar-refractivity contribution in [2.24, 2.45) is 0 Å². The standard InChI is InChI=1S/C5H8NO2/c7-6(8)5-3-1-2-4-5/h3,5H,1-2,4H2. The minimum absolute atomic E-state index is 0.215. The van der Waals surface area contributed by atoms with Gasteiger partial charge in [0.2, 0.25) is 6.04 Å². The zero-order valence-electron chi connectivity index (χ0n) is 4.54. The minimum Gasteiger partial charge on any atom is -0.264 e. The lowest BCUT2D eigenvalue weighted by Gasteiger charge is -1.94. The first-order valence-electron chi connectivity index (χ1n) is 2.77. The predicted molar refractivity (Wildman–Crippen MR) is 28.9 cm³/mol. The van der Waals surface area contributed by atoms with Crippen LogP contribution in [0.15, 0.2) is 0 Å². The molecule has 1 fully saturated rings. The molecule has 1 rings (SSSR count). The lowest BCUT2D eigenvalue weighted by Crippen LogP contribution is -2.14. The van der Waals surface area contributed by atoms with Gasteiger partial charge in [0, 0.05) is 17.8 Å². The largest absolute Gasteiger partial charge is 0.264 e. The van der Waals surface area contributed by atoms with Crippen LogP contribution in [0, 0.1) is 16.5 Å². The summed E-state index contributed by atoms with van der Waals surface area (Å²) < 4.78 is 0. The Kier molecular flexibility index (Phi) is 1.46. The average molecular weight is 114 g/mol. The summed E-state index contributed by atoms with van der Waals surface area (Å²) in [5.41, 5.74) is 0. The molecule has 0 bridgehead atoms. The van der Waals surface area contributed by atoms with Crippen LogP contribution in [0.1, 0.15) is 19.3 Å². The van der Waals surface area contributed by atoms with Crippen LogP contribution in [0.25, 0.3) is 0 Å². The van der Waals surface area contributed by atoms with E-state index in [-0.39, 0.29) is 11.0 Å². The Morgan fingerprint density at radius 1 is 1.75 bits per heavy atom. The molecule has 0 heterocycles. The summed E-state index contributed by atoms with van der Waals surface area (Å²) in [6, 6.07) is -0.338. The maximum Gasteiger partial charge on any atom is 0.216 e. The van der Waals surface area contributed by atoms with E-state index in [0.717, 1.165) is 19.3 Å². The molecular weight excluding hydrogens is 106 g/mol. The van der Waals surface area contributed by atoms with E-state index in [9.17, 15) is 10.1 Å². The Labute approximate surface area is 47.8 Å². The highest BCUT2D eigenvalue weighted by molar-refractivity contribution is 4.82. The lowest BCUT2D eigenvalue weighted by atomic mass is 10.3. The Morgan fingerprint density at radius 3 is 2.75 bits per heavy atom. The molecule has 1 aliphatic carbocycles. The van der Waals surface area contributed by atoms with E-state index in [4.69, 9.17) is 0 Å². The third-order valence-corrected chi connectivity index (χ3v) is 1.41. The van der Waals surface area contributed by atoms with E-state index in [1.807, 2.05) is 0 Å². The van der Waals surface area contributed by atoms with E-state index >= 15 is 0 Å². The first-order chi connectivity index (χ1) is 3.80. The molecule has 1 aliphatic rings. The summed E-state index contributed by atoms with van der Waals surface area (Å²) in [4.78, 5) is 9.76. The van der Waals surface area contributed by atoms with Gasteiger partial charge in [-0.25, -0.2) is 0 Å². The normalized spacial score (nSPS) is 21.5. The zero-order valence-corrected chi connectivity index (χ0v) is 4.54. The molecule has 0 aromatic heterocycles. The summed E-state index contributed by atoms with van der Waals surface area (Å²) in [7, 11) is 0. The van der Waals surface area contributed by atoms with Crippen molar-refractivity contribution in [3.05, 3.63) is 16.5 Å². The molecule has 8 heavy (non-hydrogen) atoms. The molecule has 3 nitrogen and oxygen atoms in total. The first-order valence-corrected chi connectivity index (χ1v) is 2.77. The van der Waals surface area contributed by atoms with Crippen LogP contribution in [-0.2, 0) is 0 Å². The number of rotatable bonds is 1. The van der Waals surface area contributed by atoms with Gasteiger partial charge in [-0.3, -0.25) is 10.1 Å². The molecule has 0 spiro atoms. The molecule has 0 aliphatic heterocycles. The highest BCUT2D eigenvalue weighted by atomic mass is 16.6. The molecule has 1 radical (unpaired) electrons. The van der Waals surface area contributed by atoms with E-state index in [1.165, 1.54) is 0 Å². The maximum absolute atomic E-state index is 9.98. The fourth-order valence-corrected chi connectivity index (χ4v) is 0.947. The van der Waals surface area contributed by atoms with E-state index in [0.29, 0.717) is 0 Å². The van der Waals surface area contributed by atoms with Gasteiger partial charge in [-0.1, -0.05) is 0 Å². The number of hydrogen-bond donors (Lipinski definition) is 0. The van der Waals surface area contributed by atoms with E-state index in [2.05, 4.69) is 0 Å². The Bertz CT molecular complexity index is 96.6. The summed E-state index contributed by atoms with van der Waals surface area (Å²) in [6.45, 7) is 0. The van der Waals surface area contributed by atoms with Gasteiger partial charge in [0.05, 0.1) is 0 Å². The van der Waals surface area contributed by atoms with Crippen LogP contribution in [0.2, 0.25) is 0 Å². The quantitative estimate of drug-likeness (QED) is 0.377. The van der Waals surface area contributed by atoms with Crippen molar-refractivity contribution in [1.29, 1.82) is 0 Å². The molecule has 1 atom stereocenters. The summed E-state index contributed by atoms with van der Waals surface area (Å²) in [6.07, 6.45) is 4.43. The number of nitro groups is 1. The summed E-state index contributed by atoms with van der Waals surface area (Å²) in [5, 5.41) is 9.98. The fourth-order valence-electron chi connectivity index (χ4n) is 0.947. The molecule has 3 heteroatoms. The molecule has 0 saturated heterocycles. The van der Waals surface area contributed by atoms with Gasteiger partial charge in [-0.15, -0.1) is 0 Å². The third kappa shape index (κ3) is 0.967. The second-order valence-corrected chi connectivity index (χ2v) is 2.02. The predicted octanol–water partition coefficient (Wildman–Crippen LogP) is 1.02. The average Bonchev–Trinajstić information content (AvgIpc) is 2.12. The third-order valence-electron chi connectivity index (χ3n) is 1.41. The molecule has 0 aromatic rings. The molecule has 1 saturated carbocycles. The molecular formula is C5H8NO2. The Morgan fingerprint density at radius 2 is 2.50 bits per heavy atom. The second kappa shape index (κ2) is 2.11. The van der Waals surface area contributed by atoms with Gasteiger partial charge in [0.25, 0.3) is 0 Å². The highest BCUT2D eigenvalue weighted by Gasteiger charge is 2.24. The van der Waals surface area contributed by atoms with Gasteiger partial charge < -0.3 is 0 Å².